The Labute approximate surface area is 168 Å². The maximum Gasteiger partial charge on any atom is 0.338 e. The summed E-state index contributed by atoms with van der Waals surface area (Å²) in [5, 5.41) is 7.45. The van der Waals surface area contributed by atoms with Crippen molar-refractivity contribution in [1.82, 2.24) is 14.8 Å². The maximum atomic E-state index is 13.2. The van der Waals surface area contributed by atoms with E-state index in [0.717, 1.165) is 31.2 Å². The number of aromatic nitrogens is 3. The van der Waals surface area contributed by atoms with E-state index in [4.69, 9.17) is 9.47 Å². The fraction of sp³-hybridized carbons (Fsp3) is 0.429. The van der Waals surface area contributed by atoms with Crippen LogP contribution in [0.2, 0.25) is 0 Å². The molecule has 29 heavy (non-hydrogen) atoms. The lowest BCUT2D eigenvalue weighted by Gasteiger charge is -2.30. The van der Waals surface area contributed by atoms with E-state index in [-0.39, 0.29) is 12.1 Å². The third kappa shape index (κ3) is 3.74. The van der Waals surface area contributed by atoms with Crippen LogP contribution in [0.25, 0.3) is 0 Å². The van der Waals surface area contributed by atoms with E-state index in [0.29, 0.717) is 22.8 Å². The quantitative estimate of drug-likeness (QED) is 0.793. The van der Waals surface area contributed by atoms with Crippen LogP contribution in [0.3, 0.4) is 0 Å². The van der Waals surface area contributed by atoms with Gasteiger partial charge in [0, 0.05) is 5.70 Å². The van der Waals surface area contributed by atoms with Gasteiger partial charge in [-0.2, -0.15) is 10.1 Å². The summed E-state index contributed by atoms with van der Waals surface area (Å²) >= 11 is 0. The second-order valence-corrected chi connectivity index (χ2v) is 7.37. The van der Waals surface area contributed by atoms with Gasteiger partial charge in [0.2, 0.25) is 5.95 Å². The monoisotopic (exact) mass is 396 g/mol. The molecule has 1 aliphatic heterocycles. The van der Waals surface area contributed by atoms with E-state index in [1.807, 2.05) is 6.92 Å². The normalized spacial score (nSPS) is 19.3. The minimum atomic E-state index is -0.489. The number of carbonyl (C=O) groups excluding carboxylic acids is 2. The minimum Gasteiger partial charge on any atom is -0.465 e. The predicted octanol–water partition coefficient (Wildman–Crippen LogP) is 3.23. The van der Waals surface area contributed by atoms with Gasteiger partial charge >= 0.3 is 11.9 Å². The molecule has 2 heterocycles. The summed E-state index contributed by atoms with van der Waals surface area (Å²) in [6.45, 7) is 1.84. The fourth-order valence-corrected chi connectivity index (χ4v) is 3.98. The van der Waals surface area contributed by atoms with Crippen LogP contribution in [-0.4, -0.2) is 39.9 Å². The molecule has 1 saturated carbocycles. The molecule has 0 radical (unpaired) electrons. The van der Waals surface area contributed by atoms with Gasteiger partial charge in [-0.15, -0.1) is 0 Å². The largest absolute Gasteiger partial charge is 0.465 e. The number of fused-ring (bicyclic) bond motifs is 1. The first-order chi connectivity index (χ1) is 14.1. The van der Waals surface area contributed by atoms with Gasteiger partial charge in [0.1, 0.15) is 18.5 Å². The zero-order valence-electron chi connectivity index (χ0n) is 16.6. The number of nitrogens with zero attached hydrogens (tertiary/aromatic N) is 3. The van der Waals surface area contributed by atoms with Crippen LogP contribution in [0.15, 0.2) is 41.9 Å². The Morgan fingerprint density at radius 3 is 2.52 bits per heavy atom. The first kappa shape index (κ1) is 19.2. The van der Waals surface area contributed by atoms with Gasteiger partial charge in [-0.3, -0.25) is 0 Å². The molecule has 0 saturated heterocycles. The van der Waals surface area contributed by atoms with Gasteiger partial charge < -0.3 is 14.8 Å². The van der Waals surface area contributed by atoms with Crippen LogP contribution in [0.4, 0.5) is 5.95 Å². The summed E-state index contributed by atoms with van der Waals surface area (Å²) < 4.78 is 12.3. The molecule has 8 heteroatoms. The molecule has 2 aliphatic rings. The lowest BCUT2D eigenvalue weighted by Crippen LogP contribution is -2.32. The van der Waals surface area contributed by atoms with Crippen molar-refractivity contribution < 1.29 is 19.1 Å². The Bertz CT molecular complexity index is 942. The van der Waals surface area contributed by atoms with E-state index in [2.05, 4.69) is 15.4 Å². The molecule has 152 valence electrons. The van der Waals surface area contributed by atoms with E-state index in [9.17, 15) is 9.59 Å². The highest BCUT2D eigenvalue weighted by Crippen LogP contribution is 2.36. The highest BCUT2D eigenvalue weighted by atomic mass is 16.5. The number of methoxy groups -OCH3 is 1. The molecule has 0 spiro atoms. The molecule has 0 bridgehead atoms. The topological polar surface area (TPSA) is 95.3 Å². The van der Waals surface area contributed by atoms with Crippen molar-refractivity contribution in [3.8, 4) is 0 Å². The number of ether oxygens (including phenoxy) is 2. The minimum absolute atomic E-state index is 0.0453. The Balaban J connectivity index is 1.68. The Kier molecular flexibility index (Phi) is 5.33. The molecule has 8 nitrogen and oxygen atoms in total. The lowest BCUT2D eigenvalue weighted by molar-refractivity contribution is -0.146. The van der Waals surface area contributed by atoms with Crippen LogP contribution in [0.5, 0.6) is 0 Å². The van der Waals surface area contributed by atoms with E-state index in [1.165, 1.54) is 19.9 Å². The van der Waals surface area contributed by atoms with E-state index >= 15 is 0 Å². The van der Waals surface area contributed by atoms with Gasteiger partial charge in [0.15, 0.2) is 0 Å². The van der Waals surface area contributed by atoms with Crippen molar-refractivity contribution in [2.75, 3.05) is 12.4 Å². The molecular formula is C21H24N4O4. The van der Waals surface area contributed by atoms with Crippen molar-refractivity contribution in [3.63, 3.8) is 0 Å². The number of carbonyl (C=O) groups is 2. The third-order valence-electron chi connectivity index (χ3n) is 5.49. The molecule has 1 atom stereocenters. The van der Waals surface area contributed by atoms with E-state index < -0.39 is 12.0 Å². The van der Waals surface area contributed by atoms with Crippen molar-refractivity contribution in [1.29, 1.82) is 0 Å². The Morgan fingerprint density at radius 1 is 1.10 bits per heavy atom. The lowest BCUT2D eigenvalue weighted by atomic mass is 9.94. The number of hydrogen-bond donors (Lipinski definition) is 1. The molecule has 1 unspecified atom stereocenters. The molecule has 0 amide bonds. The standard InChI is InChI=1S/C21H24N4O4/c1-13-17(20(27)29-16-6-4-3-5-7-16)18(25-21(24-13)22-12-23-25)14-8-10-15(11-9-14)19(26)28-2/h8-12,16,18H,3-7H2,1-2H3,(H,22,23,24). The van der Waals surface area contributed by atoms with Crippen molar-refractivity contribution >= 4 is 17.9 Å². The Morgan fingerprint density at radius 2 is 1.83 bits per heavy atom. The van der Waals surface area contributed by atoms with Gasteiger partial charge in [-0.05, 0) is 50.3 Å². The van der Waals surface area contributed by atoms with Crippen LogP contribution >= 0.6 is 0 Å². The second-order valence-electron chi connectivity index (χ2n) is 7.37. The summed E-state index contributed by atoms with van der Waals surface area (Å²) in [4.78, 5) is 29.2. The van der Waals surface area contributed by atoms with Crippen molar-refractivity contribution in [3.05, 3.63) is 53.0 Å². The number of nitrogens with one attached hydrogen (secondary N) is 1. The zero-order chi connectivity index (χ0) is 20.4. The first-order valence-electron chi connectivity index (χ1n) is 9.85. The van der Waals surface area contributed by atoms with Crippen molar-refractivity contribution in [2.24, 2.45) is 0 Å². The maximum absolute atomic E-state index is 13.2. The number of esters is 2. The molecule has 1 aromatic heterocycles. The van der Waals surface area contributed by atoms with Crippen LogP contribution < -0.4 is 5.32 Å². The highest BCUT2D eigenvalue weighted by Gasteiger charge is 2.35. The van der Waals surface area contributed by atoms with E-state index in [1.54, 1.807) is 28.9 Å². The molecule has 1 aliphatic carbocycles. The summed E-state index contributed by atoms with van der Waals surface area (Å²) in [6.07, 6.45) is 6.56. The molecule has 1 aromatic carbocycles. The first-order valence-corrected chi connectivity index (χ1v) is 9.85. The van der Waals surface area contributed by atoms with Gasteiger partial charge in [0.25, 0.3) is 0 Å². The smallest absolute Gasteiger partial charge is 0.338 e. The van der Waals surface area contributed by atoms with Crippen LogP contribution in [0, 0.1) is 0 Å². The molecule has 4 rings (SSSR count). The molecule has 1 fully saturated rings. The summed E-state index contributed by atoms with van der Waals surface area (Å²) in [7, 11) is 1.34. The molecule has 1 N–H and O–H groups in total. The molecular weight excluding hydrogens is 372 g/mol. The second kappa shape index (κ2) is 8.06. The number of allylic oxidation sites excluding steroid dienone is 1. The molecule has 2 aromatic rings. The summed E-state index contributed by atoms with van der Waals surface area (Å²) in [5.41, 5.74) is 2.43. The predicted molar refractivity (Wildman–Crippen MR) is 105 cm³/mol. The number of hydrogen-bond acceptors (Lipinski definition) is 7. The highest BCUT2D eigenvalue weighted by molar-refractivity contribution is 5.93. The van der Waals surface area contributed by atoms with Gasteiger partial charge in [0.05, 0.1) is 18.2 Å². The van der Waals surface area contributed by atoms with Gasteiger partial charge in [-0.25, -0.2) is 14.3 Å². The fourth-order valence-electron chi connectivity index (χ4n) is 3.98. The number of anilines is 1. The summed E-state index contributed by atoms with van der Waals surface area (Å²) in [5.74, 6) is -0.198. The summed E-state index contributed by atoms with van der Waals surface area (Å²) in [6, 6.07) is 6.47. The van der Waals surface area contributed by atoms with Crippen molar-refractivity contribution in [2.45, 2.75) is 51.2 Å². The SMILES string of the molecule is COC(=O)c1ccc(C2C(C(=O)OC3CCCCC3)=C(C)Nc3ncnn32)cc1. The van der Waals surface area contributed by atoms with Crippen LogP contribution in [0.1, 0.15) is 61.0 Å². The average Bonchev–Trinajstić information content (AvgIpc) is 3.21. The van der Waals surface area contributed by atoms with Crippen LogP contribution in [-0.2, 0) is 14.3 Å². The third-order valence-corrected chi connectivity index (χ3v) is 5.49. The van der Waals surface area contributed by atoms with Gasteiger partial charge in [-0.1, -0.05) is 18.6 Å². The number of benzene rings is 1. The number of rotatable bonds is 4. The average molecular weight is 396 g/mol. The Hall–Kier alpha value is -3.16. The zero-order valence-corrected chi connectivity index (χ0v) is 16.6.